The van der Waals surface area contributed by atoms with E-state index in [9.17, 15) is 4.79 Å². The molecule has 1 heterocycles. The highest BCUT2D eigenvalue weighted by molar-refractivity contribution is 5.70. The summed E-state index contributed by atoms with van der Waals surface area (Å²) in [6.45, 7) is 8.08. The lowest BCUT2D eigenvalue weighted by Gasteiger charge is -2.19. The lowest BCUT2D eigenvalue weighted by atomic mass is 10.2. The Kier molecular flexibility index (Phi) is 4.15. The Hall–Kier alpha value is -1.52. The summed E-state index contributed by atoms with van der Waals surface area (Å²) in [6.07, 6.45) is 2.25. The Morgan fingerprint density at radius 1 is 1.53 bits per heavy atom. The van der Waals surface area contributed by atoms with Gasteiger partial charge in [-0.3, -0.25) is 9.48 Å². The summed E-state index contributed by atoms with van der Waals surface area (Å²) >= 11 is 0. The number of anilines is 1. The van der Waals surface area contributed by atoms with E-state index in [1.165, 1.54) is 0 Å². The first kappa shape index (κ1) is 13.5. The fraction of sp³-hybridized carbons (Fsp3) is 0.667. The standard InChI is InChI=1S/C12H21N3O2/c1-9-10(8-15(5)14-9)13-7-6-11(16)17-12(2,3)4/h8,13H,6-7H2,1-5H3. The van der Waals surface area contributed by atoms with E-state index in [4.69, 9.17) is 4.74 Å². The molecule has 0 atom stereocenters. The van der Waals surface area contributed by atoms with Gasteiger partial charge in [0.1, 0.15) is 5.60 Å². The van der Waals surface area contributed by atoms with Gasteiger partial charge in [-0.05, 0) is 27.7 Å². The van der Waals surface area contributed by atoms with Gasteiger partial charge in [0.25, 0.3) is 0 Å². The van der Waals surface area contributed by atoms with Gasteiger partial charge in [0.2, 0.25) is 0 Å². The molecule has 1 aromatic heterocycles. The van der Waals surface area contributed by atoms with Gasteiger partial charge in [-0.15, -0.1) is 0 Å². The van der Waals surface area contributed by atoms with Crippen LogP contribution in [-0.4, -0.2) is 27.9 Å². The molecule has 0 aliphatic rings. The Morgan fingerprint density at radius 3 is 2.65 bits per heavy atom. The molecule has 0 unspecified atom stereocenters. The van der Waals surface area contributed by atoms with Crippen molar-refractivity contribution >= 4 is 11.7 Å². The minimum Gasteiger partial charge on any atom is -0.460 e. The number of ether oxygens (including phenoxy) is 1. The van der Waals surface area contributed by atoms with Crippen molar-refractivity contribution in [1.29, 1.82) is 0 Å². The molecule has 0 aliphatic carbocycles. The van der Waals surface area contributed by atoms with Crippen LogP contribution in [0.15, 0.2) is 6.20 Å². The van der Waals surface area contributed by atoms with Gasteiger partial charge in [-0.25, -0.2) is 0 Å². The van der Waals surface area contributed by atoms with Crippen molar-refractivity contribution in [2.24, 2.45) is 7.05 Å². The molecule has 17 heavy (non-hydrogen) atoms. The molecule has 0 fully saturated rings. The number of hydrogen-bond donors (Lipinski definition) is 1. The molecule has 96 valence electrons. The second kappa shape index (κ2) is 5.21. The maximum Gasteiger partial charge on any atom is 0.308 e. The van der Waals surface area contributed by atoms with Crippen LogP contribution < -0.4 is 5.32 Å². The van der Waals surface area contributed by atoms with Gasteiger partial charge >= 0.3 is 5.97 Å². The van der Waals surface area contributed by atoms with Gasteiger partial charge in [0.15, 0.2) is 0 Å². The van der Waals surface area contributed by atoms with Crippen LogP contribution in [0.2, 0.25) is 0 Å². The molecule has 0 saturated carbocycles. The van der Waals surface area contributed by atoms with Gasteiger partial charge in [-0.2, -0.15) is 5.10 Å². The normalized spacial score (nSPS) is 11.4. The number of nitrogens with one attached hydrogen (secondary N) is 1. The van der Waals surface area contributed by atoms with Gasteiger partial charge < -0.3 is 10.1 Å². The fourth-order valence-corrected chi connectivity index (χ4v) is 1.46. The van der Waals surface area contributed by atoms with Crippen molar-refractivity contribution in [1.82, 2.24) is 9.78 Å². The second-order valence-electron chi connectivity index (χ2n) is 5.07. The number of aryl methyl sites for hydroxylation is 2. The SMILES string of the molecule is Cc1nn(C)cc1NCCC(=O)OC(C)(C)C. The van der Waals surface area contributed by atoms with Crippen LogP contribution in [0.25, 0.3) is 0 Å². The highest BCUT2D eigenvalue weighted by Crippen LogP contribution is 2.12. The van der Waals surface area contributed by atoms with Crippen molar-refractivity contribution in [3.63, 3.8) is 0 Å². The number of hydrogen-bond acceptors (Lipinski definition) is 4. The summed E-state index contributed by atoms with van der Waals surface area (Å²) in [7, 11) is 1.87. The summed E-state index contributed by atoms with van der Waals surface area (Å²) < 4.78 is 6.95. The van der Waals surface area contributed by atoms with Crippen molar-refractivity contribution in [2.45, 2.75) is 39.7 Å². The second-order valence-corrected chi connectivity index (χ2v) is 5.07. The maximum atomic E-state index is 11.5. The summed E-state index contributed by atoms with van der Waals surface area (Å²) in [5.74, 6) is -0.188. The monoisotopic (exact) mass is 239 g/mol. The molecule has 1 aromatic rings. The average molecular weight is 239 g/mol. The van der Waals surface area contributed by atoms with E-state index in [0.717, 1.165) is 11.4 Å². The molecule has 5 heteroatoms. The summed E-state index contributed by atoms with van der Waals surface area (Å²) in [5, 5.41) is 7.37. The Balaban J connectivity index is 2.33. The van der Waals surface area contributed by atoms with E-state index in [1.54, 1.807) is 4.68 Å². The Morgan fingerprint density at radius 2 is 2.18 bits per heavy atom. The largest absolute Gasteiger partial charge is 0.460 e. The third kappa shape index (κ3) is 4.89. The van der Waals surface area contributed by atoms with Crippen molar-refractivity contribution in [3.05, 3.63) is 11.9 Å². The van der Waals surface area contributed by atoms with Crippen molar-refractivity contribution in [3.8, 4) is 0 Å². The molecule has 5 nitrogen and oxygen atoms in total. The quantitative estimate of drug-likeness (QED) is 0.815. The number of carbonyl (C=O) groups is 1. The van der Waals surface area contributed by atoms with Gasteiger partial charge in [0.05, 0.1) is 17.8 Å². The first-order chi connectivity index (χ1) is 7.78. The third-order valence-electron chi connectivity index (χ3n) is 2.08. The first-order valence-corrected chi connectivity index (χ1v) is 5.74. The molecule has 1 rings (SSSR count). The van der Waals surface area contributed by atoms with Crippen LogP contribution in [0.1, 0.15) is 32.9 Å². The Bertz CT molecular complexity index is 391. The maximum absolute atomic E-state index is 11.5. The van der Waals surface area contributed by atoms with Crippen LogP contribution in [0.4, 0.5) is 5.69 Å². The zero-order valence-electron chi connectivity index (χ0n) is 11.2. The first-order valence-electron chi connectivity index (χ1n) is 5.74. The zero-order valence-corrected chi connectivity index (χ0v) is 11.2. The molecular weight excluding hydrogens is 218 g/mol. The predicted molar refractivity (Wildman–Crippen MR) is 66.9 cm³/mol. The van der Waals surface area contributed by atoms with E-state index < -0.39 is 5.60 Å². The minimum atomic E-state index is -0.415. The summed E-state index contributed by atoms with van der Waals surface area (Å²) in [6, 6.07) is 0. The highest BCUT2D eigenvalue weighted by Gasteiger charge is 2.15. The smallest absolute Gasteiger partial charge is 0.308 e. The molecular formula is C12H21N3O2. The topological polar surface area (TPSA) is 56.2 Å². The zero-order chi connectivity index (χ0) is 13.1. The number of aromatic nitrogens is 2. The van der Waals surface area contributed by atoms with Crippen LogP contribution in [-0.2, 0) is 16.6 Å². The Labute approximate surface area is 102 Å². The van der Waals surface area contributed by atoms with E-state index in [1.807, 2.05) is 40.9 Å². The summed E-state index contributed by atoms with van der Waals surface area (Å²) in [4.78, 5) is 11.5. The fourth-order valence-electron chi connectivity index (χ4n) is 1.46. The van der Waals surface area contributed by atoms with Gasteiger partial charge in [0, 0.05) is 19.8 Å². The molecule has 0 amide bonds. The number of esters is 1. The molecule has 0 aromatic carbocycles. The van der Waals surface area contributed by atoms with Crippen LogP contribution >= 0.6 is 0 Å². The molecule has 1 N–H and O–H groups in total. The molecule has 0 aliphatic heterocycles. The van der Waals surface area contributed by atoms with Gasteiger partial charge in [-0.1, -0.05) is 0 Å². The lowest BCUT2D eigenvalue weighted by molar-refractivity contribution is -0.154. The number of rotatable bonds is 4. The van der Waals surface area contributed by atoms with Crippen molar-refractivity contribution < 1.29 is 9.53 Å². The third-order valence-corrected chi connectivity index (χ3v) is 2.08. The van der Waals surface area contributed by atoms with E-state index in [2.05, 4.69) is 10.4 Å². The highest BCUT2D eigenvalue weighted by atomic mass is 16.6. The average Bonchev–Trinajstić information content (AvgIpc) is 2.42. The number of carbonyl (C=O) groups excluding carboxylic acids is 1. The molecule has 0 bridgehead atoms. The van der Waals surface area contributed by atoms with E-state index in [0.29, 0.717) is 13.0 Å². The predicted octanol–water partition coefficient (Wildman–Crippen LogP) is 1.87. The van der Waals surface area contributed by atoms with Crippen LogP contribution in [0, 0.1) is 6.92 Å². The minimum absolute atomic E-state index is 0.188. The van der Waals surface area contributed by atoms with E-state index >= 15 is 0 Å². The molecule has 0 saturated heterocycles. The number of nitrogens with zero attached hydrogens (tertiary/aromatic N) is 2. The van der Waals surface area contributed by atoms with Crippen molar-refractivity contribution in [2.75, 3.05) is 11.9 Å². The lowest BCUT2D eigenvalue weighted by Crippen LogP contribution is -2.25. The van der Waals surface area contributed by atoms with Crippen LogP contribution in [0.5, 0.6) is 0 Å². The molecule has 0 radical (unpaired) electrons. The summed E-state index contributed by atoms with van der Waals surface area (Å²) in [5.41, 5.74) is 1.47. The van der Waals surface area contributed by atoms with Crippen LogP contribution in [0.3, 0.4) is 0 Å². The van der Waals surface area contributed by atoms with E-state index in [-0.39, 0.29) is 5.97 Å². The molecule has 0 spiro atoms.